The molecule has 3 aromatic carbocycles. The average molecular weight is 252 g/mol. The van der Waals surface area contributed by atoms with E-state index >= 15 is 0 Å². The molecule has 0 aliphatic carbocycles. The Bertz CT molecular complexity index is 788. The van der Waals surface area contributed by atoms with Crippen molar-refractivity contribution in [1.82, 2.24) is 0 Å². The van der Waals surface area contributed by atoms with Crippen LogP contribution < -0.4 is 4.74 Å². The summed E-state index contributed by atoms with van der Waals surface area (Å²) in [6.07, 6.45) is 0. The molecule has 0 amide bonds. The van der Waals surface area contributed by atoms with Crippen molar-refractivity contribution >= 4 is 21.5 Å². The molecule has 3 aromatic rings. The van der Waals surface area contributed by atoms with Crippen LogP contribution in [0.2, 0.25) is 0 Å². The first-order valence-corrected chi connectivity index (χ1v) is 6.31. The van der Waals surface area contributed by atoms with Crippen molar-refractivity contribution in [1.29, 1.82) is 0 Å². The lowest BCUT2D eigenvalue weighted by Crippen LogP contribution is -1.87. The molecule has 0 heterocycles. The number of phenols is 1. The Balaban J connectivity index is 2.47. The summed E-state index contributed by atoms with van der Waals surface area (Å²) in [6, 6.07) is 12.1. The Morgan fingerprint density at radius 3 is 2.37 bits per heavy atom. The van der Waals surface area contributed by atoms with E-state index in [4.69, 9.17) is 4.74 Å². The van der Waals surface area contributed by atoms with E-state index < -0.39 is 0 Å². The van der Waals surface area contributed by atoms with Gasteiger partial charge in [0.2, 0.25) is 0 Å². The molecule has 0 unspecified atom stereocenters. The second-order valence-corrected chi connectivity index (χ2v) is 4.91. The fraction of sp³-hybridized carbons (Fsp3) is 0.176. The second-order valence-electron chi connectivity index (χ2n) is 4.91. The van der Waals surface area contributed by atoms with Gasteiger partial charge < -0.3 is 9.84 Å². The van der Waals surface area contributed by atoms with Gasteiger partial charge in [0.1, 0.15) is 0 Å². The Morgan fingerprint density at radius 1 is 0.895 bits per heavy atom. The molecule has 0 aliphatic rings. The number of rotatable bonds is 1. The molecule has 0 spiro atoms. The molecule has 0 radical (unpaired) electrons. The molecule has 0 saturated heterocycles. The highest BCUT2D eigenvalue weighted by molar-refractivity contribution is 6.09. The van der Waals surface area contributed by atoms with Crippen LogP contribution in [0.25, 0.3) is 21.5 Å². The zero-order valence-electron chi connectivity index (χ0n) is 11.3. The minimum absolute atomic E-state index is 0.181. The molecule has 0 aromatic heterocycles. The summed E-state index contributed by atoms with van der Waals surface area (Å²) >= 11 is 0. The molecular formula is C17H16O2. The topological polar surface area (TPSA) is 29.5 Å². The van der Waals surface area contributed by atoms with Crippen LogP contribution in [0.1, 0.15) is 11.1 Å². The van der Waals surface area contributed by atoms with Gasteiger partial charge in [0.15, 0.2) is 11.5 Å². The van der Waals surface area contributed by atoms with Gasteiger partial charge in [0, 0.05) is 0 Å². The molecule has 2 heteroatoms. The van der Waals surface area contributed by atoms with Crippen molar-refractivity contribution in [3.63, 3.8) is 0 Å². The number of aromatic hydroxyl groups is 1. The number of phenolic OH excluding ortho intramolecular Hbond substituents is 1. The van der Waals surface area contributed by atoms with Gasteiger partial charge in [0.05, 0.1) is 7.11 Å². The van der Waals surface area contributed by atoms with Gasteiger partial charge in [-0.15, -0.1) is 0 Å². The maximum atomic E-state index is 9.97. The zero-order valence-corrected chi connectivity index (χ0v) is 11.3. The van der Waals surface area contributed by atoms with Gasteiger partial charge >= 0.3 is 0 Å². The first-order valence-electron chi connectivity index (χ1n) is 6.31. The van der Waals surface area contributed by atoms with E-state index in [1.165, 1.54) is 21.9 Å². The van der Waals surface area contributed by atoms with Crippen LogP contribution in [0.4, 0.5) is 0 Å². The van der Waals surface area contributed by atoms with Crippen LogP contribution >= 0.6 is 0 Å². The monoisotopic (exact) mass is 252 g/mol. The number of ether oxygens (including phenoxy) is 1. The van der Waals surface area contributed by atoms with E-state index in [1.54, 1.807) is 13.2 Å². The van der Waals surface area contributed by atoms with Crippen molar-refractivity contribution in [2.75, 3.05) is 7.11 Å². The Kier molecular flexibility index (Phi) is 2.59. The largest absolute Gasteiger partial charge is 0.504 e. The zero-order chi connectivity index (χ0) is 13.6. The molecule has 2 nitrogen and oxygen atoms in total. The minimum Gasteiger partial charge on any atom is -0.504 e. The third-order valence-corrected chi connectivity index (χ3v) is 3.86. The molecule has 0 bridgehead atoms. The van der Waals surface area contributed by atoms with Crippen LogP contribution in [-0.2, 0) is 0 Å². The van der Waals surface area contributed by atoms with Gasteiger partial charge in [-0.3, -0.25) is 0 Å². The molecule has 0 aliphatic heterocycles. The van der Waals surface area contributed by atoms with E-state index in [0.29, 0.717) is 5.75 Å². The first kappa shape index (κ1) is 11.8. The molecule has 0 saturated carbocycles. The van der Waals surface area contributed by atoms with Gasteiger partial charge in [0.25, 0.3) is 0 Å². The fourth-order valence-corrected chi connectivity index (χ4v) is 2.58. The number of benzene rings is 3. The quantitative estimate of drug-likeness (QED) is 0.653. The predicted molar refractivity (Wildman–Crippen MR) is 79.1 cm³/mol. The maximum absolute atomic E-state index is 9.97. The van der Waals surface area contributed by atoms with E-state index in [0.717, 1.165) is 10.8 Å². The summed E-state index contributed by atoms with van der Waals surface area (Å²) in [5.41, 5.74) is 2.57. The van der Waals surface area contributed by atoms with E-state index in [1.807, 2.05) is 6.07 Å². The van der Waals surface area contributed by atoms with Crippen LogP contribution in [0, 0.1) is 13.8 Å². The number of methoxy groups -OCH3 is 1. The van der Waals surface area contributed by atoms with Crippen LogP contribution in [0.5, 0.6) is 11.5 Å². The van der Waals surface area contributed by atoms with Crippen LogP contribution in [-0.4, -0.2) is 12.2 Å². The third-order valence-electron chi connectivity index (χ3n) is 3.86. The number of hydrogen-bond donors (Lipinski definition) is 1. The lowest BCUT2D eigenvalue weighted by Gasteiger charge is -2.11. The molecule has 1 N–H and O–H groups in total. The van der Waals surface area contributed by atoms with Crippen molar-refractivity contribution in [3.05, 3.63) is 47.5 Å². The Morgan fingerprint density at radius 2 is 1.63 bits per heavy atom. The first-order chi connectivity index (χ1) is 9.11. The molecule has 19 heavy (non-hydrogen) atoms. The van der Waals surface area contributed by atoms with Gasteiger partial charge in [-0.1, -0.05) is 24.3 Å². The molecular weight excluding hydrogens is 236 g/mol. The van der Waals surface area contributed by atoms with E-state index in [9.17, 15) is 5.11 Å². The highest BCUT2D eigenvalue weighted by Crippen LogP contribution is 2.36. The summed E-state index contributed by atoms with van der Waals surface area (Å²) in [5, 5.41) is 14.5. The van der Waals surface area contributed by atoms with E-state index in [2.05, 4.69) is 38.1 Å². The highest BCUT2D eigenvalue weighted by Gasteiger charge is 2.08. The van der Waals surface area contributed by atoms with Gasteiger partial charge in [-0.2, -0.15) is 0 Å². The smallest absolute Gasteiger partial charge is 0.161 e. The minimum atomic E-state index is 0.181. The maximum Gasteiger partial charge on any atom is 0.161 e. The van der Waals surface area contributed by atoms with Gasteiger partial charge in [-0.05, 0) is 58.7 Å². The average Bonchev–Trinajstić information content (AvgIpc) is 2.42. The Hall–Kier alpha value is -2.22. The normalized spacial score (nSPS) is 11.1. The molecule has 0 fully saturated rings. The second kappa shape index (κ2) is 4.16. The standard InChI is InChI=1S/C17H16O2/c1-10-4-6-14-13(11(10)2)7-5-12-8-17(19-3)16(18)9-15(12)14/h4-9,18H,1-3H3. The molecule has 96 valence electrons. The summed E-state index contributed by atoms with van der Waals surface area (Å²) in [4.78, 5) is 0. The highest BCUT2D eigenvalue weighted by atomic mass is 16.5. The van der Waals surface area contributed by atoms with Crippen molar-refractivity contribution in [3.8, 4) is 11.5 Å². The van der Waals surface area contributed by atoms with Crippen molar-refractivity contribution < 1.29 is 9.84 Å². The van der Waals surface area contributed by atoms with Crippen LogP contribution in [0.15, 0.2) is 36.4 Å². The lowest BCUT2D eigenvalue weighted by atomic mass is 9.96. The molecule has 3 rings (SSSR count). The summed E-state index contributed by atoms with van der Waals surface area (Å²) in [6.45, 7) is 4.25. The number of fused-ring (bicyclic) bond motifs is 3. The fourth-order valence-electron chi connectivity index (χ4n) is 2.58. The lowest BCUT2D eigenvalue weighted by molar-refractivity contribution is 0.374. The SMILES string of the molecule is COc1cc2ccc3c(C)c(C)ccc3c2cc1O. The summed E-state index contributed by atoms with van der Waals surface area (Å²) in [5.74, 6) is 0.691. The van der Waals surface area contributed by atoms with Crippen LogP contribution in [0.3, 0.4) is 0 Å². The Labute approximate surface area is 112 Å². The third kappa shape index (κ3) is 1.72. The summed E-state index contributed by atoms with van der Waals surface area (Å²) in [7, 11) is 1.56. The number of aryl methyl sites for hydroxylation is 2. The summed E-state index contributed by atoms with van der Waals surface area (Å²) < 4.78 is 5.16. The van der Waals surface area contributed by atoms with E-state index in [-0.39, 0.29) is 5.75 Å². The number of hydrogen-bond acceptors (Lipinski definition) is 2. The predicted octanol–water partition coefficient (Wildman–Crippen LogP) is 4.32. The van der Waals surface area contributed by atoms with Crippen molar-refractivity contribution in [2.24, 2.45) is 0 Å². The van der Waals surface area contributed by atoms with Gasteiger partial charge in [-0.25, -0.2) is 0 Å². The molecule has 0 atom stereocenters. The van der Waals surface area contributed by atoms with Crippen molar-refractivity contribution in [2.45, 2.75) is 13.8 Å².